The maximum Gasteiger partial charge on any atom is 0.177 e. The fourth-order valence-corrected chi connectivity index (χ4v) is 2.70. The standard InChI is InChI=1S/C14H17N7O2/c1-2-20-6-10(5-16-20)23-12-8-19(7-11(12)22)14-4-3-13-17-15-9-21(13)18-14/h3-6,9,11-12,22H,2,7-8H2,1H3/t11-,12-/m1/s1. The number of fused-ring (bicyclic) bond motifs is 1. The van der Waals surface area contributed by atoms with Crippen LogP contribution in [0.15, 0.2) is 30.9 Å². The molecule has 0 aliphatic carbocycles. The van der Waals surface area contributed by atoms with Gasteiger partial charge >= 0.3 is 0 Å². The maximum absolute atomic E-state index is 10.3. The molecule has 0 aromatic carbocycles. The second kappa shape index (κ2) is 5.51. The Hall–Kier alpha value is -2.68. The lowest BCUT2D eigenvalue weighted by atomic mass is 10.3. The molecule has 23 heavy (non-hydrogen) atoms. The van der Waals surface area contributed by atoms with E-state index in [4.69, 9.17) is 4.74 Å². The van der Waals surface area contributed by atoms with Crippen molar-refractivity contribution in [1.29, 1.82) is 0 Å². The third-order valence-corrected chi connectivity index (χ3v) is 3.93. The highest BCUT2D eigenvalue weighted by molar-refractivity contribution is 5.46. The van der Waals surface area contributed by atoms with Crippen molar-refractivity contribution in [3.05, 3.63) is 30.9 Å². The van der Waals surface area contributed by atoms with Crippen molar-refractivity contribution in [3.8, 4) is 5.75 Å². The van der Waals surface area contributed by atoms with Crippen LogP contribution in [0.25, 0.3) is 5.65 Å². The van der Waals surface area contributed by atoms with Crippen LogP contribution in [0, 0.1) is 0 Å². The molecule has 3 aromatic heterocycles. The van der Waals surface area contributed by atoms with Gasteiger partial charge in [-0.05, 0) is 19.1 Å². The molecule has 2 atom stereocenters. The van der Waals surface area contributed by atoms with Gasteiger partial charge in [-0.3, -0.25) is 4.68 Å². The smallest absolute Gasteiger partial charge is 0.177 e. The zero-order valence-electron chi connectivity index (χ0n) is 12.6. The average molecular weight is 315 g/mol. The number of aliphatic hydroxyl groups is 1. The number of β-amino-alcohol motifs (C(OH)–C–C–N with tert-alkyl or cyclic N) is 1. The third kappa shape index (κ3) is 2.59. The number of aromatic nitrogens is 6. The fourth-order valence-electron chi connectivity index (χ4n) is 2.70. The molecule has 120 valence electrons. The van der Waals surface area contributed by atoms with E-state index in [-0.39, 0.29) is 6.10 Å². The molecule has 3 aromatic rings. The monoisotopic (exact) mass is 315 g/mol. The molecular formula is C14H17N7O2. The van der Waals surface area contributed by atoms with Crippen molar-refractivity contribution in [2.75, 3.05) is 18.0 Å². The van der Waals surface area contributed by atoms with E-state index in [2.05, 4.69) is 20.4 Å². The predicted molar refractivity (Wildman–Crippen MR) is 81.3 cm³/mol. The molecule has 9 heteroatoms. The minimum Gasteiger partial charge on any atom is -0.482 e. The molecule has 0 radical (unpaired) electrons. The van der Waals surface area contributed by atoms with Gasteiger partial charge in [-0.1, -0.05) is 0 Å². The molecule has 1 N–H and O–H groups in total. The highest BCUT2D eigenvalue weighted by Crippen LogP contribution is 2.22. The molecule has 1 aliphatic rings. The van der Waals surface area contributed by atoms with Gasteiger partial charge in [0.15, 0.2) is 11.4 Å². The van der Waals surface area contributed by atoms with Crippen molar-refractivity contribution in [3.63, 3.8) is 0 Å². The topological polar surface area (TPSA) is 93.6 Å². The van der Waals surface area contributed by atoms with Gasteiger partial charge < -0.3 is 14.7 Å². The molecule has 0 unspecified atom stereocenters. The minimum atomic E-state index is -0.585. The summed E-state index contributed by atoms with van der Waals surface area (Å²) in [6, 6.07) is 3.72. The number of hydrogen-bond acceptors (Lipinski definition) is 7. The summed E-state index contributed by atoms with van der Waals surface area (Å²) in [5.41, 5.74) is 0.688. The van der Waals surface area contributed by atoms with Crippen LogP contribution >= 0.6 is 0 Å². The Kier molecular flexibility index (Phi) is 3.34. The summed E-state index contributed by atoms with van der Waals surface area (Å²) in [5, 5.41) is 26.6. The van der Waals surface area contributed by atoms with Gasteiger partial charge in [0, 0.05) is 13.1 Å². The lowest BCUT2D eigenvalue weighted by molar-refractivity contribution is 0.0737. The maximum atomic E-state index is 10.3. The lowest BCUT2D eigenvalue weighted by Gasteiger charge is -2.16. The van der Waals surface area contributed by atoms with E-state index in [1.165, 1.54) is 0 Å². The van der Waals surface area contributed by atoms with E-state index in [1.54, 1.807) is 21.7 Å². The quantitative estimate of drug-likeness (QED) is 0.722. The molecule has 1 fully saturated rings. The average Bonchev–Trinajstić information content (AvgIpc) is 3.27. The van der Waals surface area contributed by atoms with Crippen molar-refractivity contribution < 1.29 is 9.84 Å². The molecule has 1 saturated heterocycles. The number of ether oxygens (including phenoxy) is 1. The van der Waals surface area contributed by atoms with Crippen molar-refractivity contribution in [2.45, 2.75) is 25.7 Å². The molecular weight excluding hydrogens is 298 g/mol. The van der Waals surface area contributed by atoms with E-state index in [9.17, 15) is 5.11 Å². The van der Waals surface area contributed by atoms with Gasteiger partial charge in [0.05, 0.1) is 18.9 Å². The van der Waals surface area contributed by atoms with Crippen LogP contribution in [0.1, 0.15) is 6.92 Å². The van der Waals surface area contributed by atoms with E-state index in [1.807, 2.05) is 30.2 Å². The molecule has 0 amide bonds. The summed E-state index contributed by atoms with van der Waals surface area (Å²) in [7, 11) is 0. The predicted octanol–water partition coefficient (Wildman–Crippen LogP) is -0.0308. The van der Waals surface area contributed by atoms with Gasteiger partial charge in [-0.2, -0.15) is 9.61 Å². The molecule has 4 rings (SSSR count). The van der Waals surface area contributed by atoms with Gasteiger partial charge in [0.2, 0.25) is 0 Å². The number of hydrogen-bond donors (Lipinski definition) is 1. The number of nitrogens with zero attached hydrogens (tertiary/aromatic N) is 7. The second-order valence-electron chi connectivity index (χ2n) is 5.49. The number of aryl methyl sites for hydroxylation is 1. The zero-order chi connectivity index (χ0) is 15.8. The SMILES string of the molecule is CCn1cc(O[C@@H]2CN(c3ccc4nncn4n3)C[C@H]2O)cn1. The van der Waals surface area contributed by atoms with Crippen molar-refractivity contribution in [2.24, 2.45) is 0 Å². The van der Waals surface area contributed by atoms with E-state index >= 15 is 0 Å². The molecule has 0 spiro atoms. The van der Waals surface area contributed by atoms with Crippen molar-refractivity contribution >= 4 is 11.5 Å². The van der Waals surface area contributed by atoms with Crippen LogP contribution < -0.4 is 9.64 Å². The Morgan fingerprint density at radius 3 is 3.09 bits per heavy atom. The first-order valence-corrected chi connectivity index (χ1v) is 7.52. The van der Waals surface area contributed by atoms with Gasteiger partial charge in [0.1, 0.15) is 24.4 Å². The summed E-state index contributed by atoms with van der Waals surface area (Å²) in [6.45, 7) is 3.81. The summed E-state index contributed by atoms with van der Waals surface area (Å²) >= 11 is 0. The number of anilines is 1. The lowest BCUT2D eigenvalue weighted by Crippen LogP contribution is -2.29. The first-order valence-electron chi connectivity index (χ1n) is 7.52. The van der Waals surface area contributed by atoms with Gasteiger partial charge in [0.25, 0.3) is 0 Å². The summed E-state index contributed by atoms with van der Waals surface area (Å²) in [6.07, 6.45) is 4.15. The molecule has 0 bridgehead atoms. The molecule has 1 aliphatic heterocycles. The molecule has 9 nitrogen and oxygen atoms in total. The van der Waals surface area contributed by atoms with Crippen LogP contribution in [0.5, 0.6) is 5.75 Å². The Balaban J connectivity index is 1.49. The first-order chi connectivity index (χ1) is 11.2. The van der Waals surface area contributed by atoms with Crippen LogP contribution in [-0.4, -0.2) is 60.0 Å². The van der Waals surface area contributed by atoms with E-state index in [0.29, 0.717) is 24.5 Å². The molecule has 0 saturated carbocycles. The van der Waals surface area contributed by atoms with Crippen LogP contribution in [0.3, 0.4) is 0 Å². The van der Waals surface area contributed by atoms with Crippen molar-refractivity contribution in [1.82, 2.24) is 29.6 Å². The normalized spacial score (nSPS) is 21.2. The molecule has 4 heterocycles. The Labute approximate surface area is 132 Å². The summed E-state index contributed by atoms with van der Waals surface area (Å²) < 4.78 is 9.26. The largest absolute Gasteiger partial charge is 0.482 e. The minimum absolute atomic E-state index is 0.317. The van der Waals surface area contributed by atoms with Crippen LogP contribution in [0.2, 0.25) is 0 Å². The number of rotatable bonds is 4. The van der Waals surface area contributed by atoms with Gasteiger partial charge in [-0.25, -0.2) is 0 Å². The van der Waals surface area contributed by atoms with Gasteiger partial charge in [-0.15, -0.1) is 15.3 Å². The Bertz CT molecular complexity index is 814. The third-order valence-electron chi connectivity index (χ3n) is 3.93. The fraction of sp³-hybridized carbons (Fsp3) is 0.429. The van der Waals surface area contributed by atoms with Crippen LogP contribution in [-0.2, 0) is 6.54 Å². The van der Waals surface area contributed by atoms with Crippen LogP contribution in [0.4, 0.5) is 5.82 Å². The second-order valence-corrected chi connectivity index (χ2v) is 5.49. The highest BCUT2D eigenvalue weighted by Gasteiger charge is 2.34. The number of aliphatic hydroxyl groups excluding tert-OH is 1. The van der Waals surface area contributed by atoms with E-state index in [0.717, 1.165) is 12.4 Å². The summed E-state index contributed by atoms with van der Waals surface area (Å²) in [4.78, 5) is 1.99. The van der Waals surface area contributed by atoms with E-state index < -0.39 is 6.10 Å². The summed E-state index contributed by atoms with van der Waals surface area (Å²) in [5.74, 6) is 1.42. The highest BCUT2D eigenvalue weighted by atomic mass is 16.5. The zero-order valence-corrected chi connectivity index (χ0v) is 12.6. The Morgan fingerprint density at radius 1 is 1.35 bits per heavy atom. The Morgan fingerprint density at radius 2 is 2.26 bits per heavy atom. The first kappa shape index (κ1) is 13.9.